The molecule has 0 bridgehead atoms. The number of carbonyl (C=O) groups excluding carboxylic acids is 1. The van der Waals surface area contributed by atoms with Crippen molar-refractivity contribution in [3.63, 3.8) is 0 Å². The van der Waals surface area contributed by atoms with Crippen molar-refractivity contribution in [2.45, 2.75) is 46.1 Å². The second-order valence-corrected chi connectivity index (χ2v) is 6.06. The van der Waals surface area contributed by atoms with Gasteiger partial charge in [-0.2, -0.15) is 0 Å². The molecule has 0 aromatic carbocycles. The van der Waals surface area contributed by atoms with E-state index in [-0.39, 0.29) is 6.03 Å². The van der Waals surface area contributed by atoms with Gasteiger partial charge >= 0.3 is 6.03 Å². The monoisotopic (exact) mass is 267 g/mol. The largest absolute Gasteiger partial charge is 0.325 e. The van der Waals surface area contributed by atoms with Crippen LogP contribution < -0.4 is 0 Å². The molecular weight excluding hydrogens is 238 g/mol. The first-order valence-electron chi connectivity index (χ1n) is 7.93. The van der Waals surface area contributed by atoms with Crippen LogP contribution in [0, 0.1) is 5.92 Å². The van der Waals surface area contributed by atoms with Gasteiger partial charge in [0.1, 0.15) is 0 Å². The lowest BCUT2D eigenvalue weighted by Gasteiger charge is -2.34. The summed E-state index contributed by atoms with van der Waals surface area (Å²) >= 11 is 0. The lowest BCUT2D eigenvalue weighted by molar-refractivity contribution is 0.137. The zero-order valence-corrected chi connectivity index (χ0v) is 12.8. The summed E-state index contributed by atoms with van der Waals surface area (Å²) in [6.45, 7) is 12.6. The summed E-state index contributed by atoms with van der Waals surface area (Å²) in [5.74, 6) is 0.783. The maximum Gasteiger partial charge on any atom is 0.320 e. The molecule has 0 spiro atoms. The van der Waals surface area contributed by atoms with Gasteiger partial charge < -0.3 is 9.80 Å². The predicted molar refractivity (Wildman–Crippen MR) is 78.3 cm³/mol. The molecule has 0 aliphatic carbocycles. The van der Waals surface area contributed by atoms with E-state index < -0.39 is 0 Å². The standard InChI is InChI=1S/C15H29N3O/c1-4-16(5-2)14-8-11-18(12-14)15(19)17-9-6-13(3)7-10-17/h13-14H,4-12H2,1-3H3. The fourth-order valence-corrected chi connectivity index (χ4v) is 3.35. The van der Waals surface area contributed by atoms with Gasteiger partial charge in [0.2, 0.25) is 0 Å². The summed E-state index contributed by atoms with van der Waals surface area (Å²) in [4.78, 5) is 19.1. The van der Waals surface area contributed by atoms with Gasteiger partial charge in [-0.05, 0) is 38.3 Å². The van der Waals surface area contributed by atoms with E-state index in [1.54, 1.807) is 0 Å². The summed E-state index contributed by atoms with van der Waals surface area (Å²) < 4.78 is 0. The van der Waals surface area contributed by atoms with Crippen LogP contribution >= 0.6 is 0 Å². The van der Waals surface area contributed by atoms with Crippen LogP contribution in [0.4, 0.5) is 4.79 Å². The van der Waals surface area contributed by atoms with Crippen molar-refractivity contribution in [1.82, 2.24) is 14.7 Å². The number of nitrogens with zero attached hydrogens (tertiary/aromatic N) is 3. The Labute approximate surface area is 117 Å². The Kier molecular flexibility index (Phi) is 5.08. The minimum atomic E-state index is 0.279. The lowest BCUT2D eigenvalue weighted by Crippen LogP contribution is -2.47. The van der Waals surface area contributed by atoms with Crippen molar-refractivity contribution in [1.29, 1.82) is 0 Å². The number of amides is 2. The number of carbonyl (C=O) groups is 1. The zero-order chi connectivity index (χ0) is 13.8. The molecule has 19 heavy (non-hydrogen) atoms. The molecule has 110 valence electrons. The SMILES string of the molecule is CCN(CC)C1CCN(C(=O)N2CCC(C)CC2)C1. The average Bonchev–Trinajstić information content (AvgIpc) is 2.90. The lowest BCUT2D eigenvalue weighted by atomic mass is 10.00. The van der Waals surface area contributed by atoms with E-state index in [4.69, 9.17) is 0 Å². The van der Waals surface area contributed by atoms with Crippen LogP contribution in [0.1, 0.15) is 40.0 Å². The van der Waals surface area contributed by atoms with Crippen LogP contribution in [0.15, 0.2) is 0 Å². The Bertz CT molecular complexity index is 296. The fourth-order valence-electron chi connectivity index (χ4n) is 3.35. The van der Waals surface area contributed by atoms with Gasteiger partial charge in [0, 0.05) is 32.2 Å². The highest BCUT2D eigenvalue weighted by atomic mass is 16.2. The van der Waals surface area contributed by atoms with E-state index in [2.05, 4.69) is 35.5 Å². The highest BCUT2D eigenvalue weighted by molar-refractivity contribution is 5.75. The van der Waals surface area contributed by atoms with Crippen LogP contribution in [0.2, 0.25) is 0 Å². The first-order chi connectivity index (χ1) is 9.15. The van der Waals surface area contributed by atoms with E-state index >= 15 is 0 Å². The Morgan fingerprint density at radius 1 is 1.05 bits per heavy atom. The van der Waals surface area contributed by atoms with E-state index in [1.165, 1.54) is 12.8 Å². The molecule has 1 unspecified atom stereocenters. The molecule has 2 aliphatic rings. The van der Waals surface area contributed by atoms with Gasteiger partial charge in [0.05, 0.1) is 0 Å². The number of piperidine rings is 1. The van der Waals surface area contributed by atoms with Gasteiger partial charge in [-0.1, -0.05) is 20.8 Å². The molecule has 2 amide bonds. The molecule has 2 heterocycles. The van der Waals surface area contributed by atoms with E-state index in [0.29, 0.717) is 6.04 Å². The summed E-state index contributed by atoms with van der Waals surface area (Å²) in [5.41, 5.74) is 0. The number of likely N-dealkylation sites (N-methyl/N-ethyl adjacent to an activating group) is 1. The first kappa shape index (κ1) is 14.6. The molecule has 0 aromatic rings. The Hall–Kier alpha value is -0.770. The maximum absolute atomic E-state index is 12.5. The quantitative estimate of drug-likeness (QED) is 0.784. The minimum Gasteiger partial charge on any atom is -0.325 e. The van der Waals surface area contributed by atoms with Crippen LogP contribution in [-0.2, 0) is 0 Å². The molecule has 4 heteroatoms. The molecule has 0 N–H and O–H groups in total. The van der Waals surface area contributed by atoms with Crippen LogP contribution in [0.3, 0.4) is 0 Å². The molecule has 2 saturated heterocycles. The minimum absolute atomic E-state index is 0.279. The Balaban J connectivity index is 1.84. The van der Waals surface area contributed by atoms with Gasteiger partial charge in [-0.3, -0.25) is 4.90 Å². The van der Waals surface area contributed by atoms with Gasteiger partial charge in [0.15, 0.2) is 0 Å². The molecule has 0 radical (unpaired) electrons. The third-order valence-electron chi connectivity index (χ3n) is 4.82. The Morgan fingerprint density at radius 2 is 1.63 bits per heavy atom. The van der Waals surface area contributed by atoms with Crippen molar-refractivity contribution >= 4 is 6.03 Å². The number of rotatable bonds is 3. The van der Waals surface area contributed by atoms with Crippen LogP contribution in [0.25, 0.3) is 0 Å². The normalized spacial score (nSPS) is 25.4. The highest BCUT2D eigenvalue weighted by Gasteiger charge is 2.32. The summed E-state index contributed by atoms with van der Waals surface area (Å²) in [5, 5.41) is 0. The third kappa shape index (κ3) is 3.41. The molecule has 0 saturated carbocycles. The van der Waals surface area contributed by atoms with Crippen molar-refractivity contribution in [3.8, 4) is 0 Å². The fraction of sp³-hybridized carbons (Fsp3) is 0.933. The molecule has 4 nitrogen and oxygen atoms in total. The smallest absolute Gasteiger partial charge is 0.320 e. The van der Waals surface area contributed by atoms with Crippen molar-refractivity contribution in [3.05, 3.63) is 0 Å². The maximum atomic E-state index is 12.5. The number of likely N-dealkylation sites (tertiary alicyclic amines) is 2. The molecule has 0 aromatic heterocycles. The second-order valence-electron chi connectivity index (χ2n) is 6.06. The number of hydrogen-bond donors (Lipinski definition) is 0. The summed E-state index contributed by atoms with van der Waals surface area (Å²) in [7, 11) is 0. The molecule has 2 rings (SSSR count). The van der Waals surface area contributed by atoms with Gasteiger partial charge in [-0.15, -0.1) is 0 Å². The molecule has 2 aliphatic heterocycles. The predicted octanol–water partition coefficient (Wildman–Crippen LogP) is 2.25. The molecular formula is C15H29N3O. The van der Waals surface area contributed by atoms with E-state index in [0.717, 1.165) is 51.6 Å². The Morgan fingerprint density at radius 3 is 2.21 bits per heavy atom. The van der Waals surface area contributed by atoms with E-state index in [1.807, 2.05) is 0 Å². The van der Waals surface area contributed by atoms with Crippen molar-refractivity contribution in [2.24, 2.45) is 5.92 Å². The van der Waals surface area contributed by atoms with Gasteiger partial charge in [-0.25, -0.2) is 4.79 Å². The molecule has 1 atom stereocenters. The molecule has 2 fully saturated rings. The highest BCUT2D eigenvalue weighted by Crippen LogP contribution is 2.21. The summed E-state index contributed by atoms with van der Waals surface area (Å²) in [6.07, 6.45) is 3.47. The summed E-state index contributed by atoms with van der Waals surface area (Å²) in [6, 6.07) is 0.851. The third-order valence-corrected chi connectivity index (χ3v) is 4.82. The van der Waals surface area contributed by atoms with Crippen LogP contribution in [-0.4, -0.2) is 66.0 Å². The zero-order valence-electron chi connectivity index (χ0n) is 12.8. The number of urea groups is 1. The second kappa shape index (κ2) is 6.60. The van der Waals surface area contributed by atoms with E-state index in [9.17, 15) is 4.79 Å². The van der Waals surface area contributed by atoms with Crippen molar-refractivity contribution < 1.29 is 4.79 Å². The topological polar surface area (TPSA) is 26.8 Å². The van der Waals surface area contributed by atoms with Crippen molar-refractivity contribution in [2.75, 3.05) is 39.3 Å². The van der Waals surface area contributed by atoms with Gasteiger partial charge in [0.25, 0.3) is 0 Å². The first-order valence-corrected chi connectivity index (χ1v) is 7.93. The average molecular weight is 267 g/mol. The van der Waals surface area contributed by atoms with Crippen LogP contribution in [0.5, 0.6) is 0 Å². The number of hydrogen-bond acceptors (Lipinski definition) is 2.